The molecule has 0 saturated carbocycles. The molecule has 0 spiro atoms. The summed E-state index contributed by atoms with van der Waals surface area (Å²) in [4.78, 5) is 37.4. The average molecular weight is 735 g/mol. The first-order chi connectivity index (χ1) is 23.8. The van der Waals surface area contributed by atoms with Gasteiger partial charge in [-0.15, -0.1) is 0 Å². The monoisotopic (exact) mass is 733 g/mol. The number of carbonyl (C=O) groups is 2. The average Bonchev–Trinajstić information content (AvgIpc) is 3.08. The number of aliphatic hydroxyl groups excluding tert-OH is 1. The Morgan fingerprint density at radius 2 is 1.82 bits per heavy atom. The fraction of sp³-hybridized carbons (Fsp3) is 0.615. The Hall–Kier alpha value is -2.69. The highest BCUT2D eigenvalue weighted by molar-refractivity contribution is 6.42. The van der Waals surface area contributed by atoms with E-state index >= 15 is 0 Å². The Balaban J connectivity index is 0.000000457. The van der Waals surface area contributed by atoms with E-state index in [1.807, 2.05) is 59.4 Å². The molecule has 1 N–H and O–H groups in total. The standard InChI is InChI=1S/C25H38Cl2N4O3.C14H23NO/c1-29(2)18-24(28-34-16-15-32)21(19-6-7-22(26)23(27)17-19)10-14-30-12-8-20(9-13-30)31-11-4-3-5-25(31)33;1-7-12(4)14(15(5)6)9-13(10-16)8-11(2)3/h6-7,17,20-21,32H,3-5,8-16,18H2,1-2H3;8-10,12H,2,7H2,1,3-6H3/b28-24+;13-8+,14-9+. The van der Waals surface area contributed by atoms with Crippen molar-refractivity contribution in [1.29, 1.82) is 0 Å². The topological polar surface area (TPSA) is 88.9 Å². The third-order valence-electron chi connectivity index (χ3n) is 9.18. The summed E-state index contributed by atoms with van der Waals surface area (Å²) in [5.41, 5.74) is 4.68. The van der Waals surface area contributed by atoms with Crippen LogP contribution in [0.5, 0.6) is 0 Å². The third-order valence-corrected chi connectivity index (χ3v) is 9.92. The van der Waals surface area contributed by atoms with Crippen LogP contribution in [-0.4, -0.2) is 123 Å². The lowest BCUT2D eigenvalue weighted by atomic mass is 9.90. The molecule has 3 rings (SSSR count). The molecule has 280 valence electrons. The summed E-state index contributed by atoms with van der Waals surface area (Å²) in [6.45, 7) is 14.5. The van der Waals surface area contributed by atoms with Gasteiger partial charge in [-0.2, -0.15) is 0 Å². The van der Waals surface area contributed by atoms with Gasteiger partial charge in [0, 0.05) is 69.9 Å². The zero-order valence-corrected chi connectivity index (χ0v) is 33.0. The maximum atomic E-state index is 12.3. The minimum Gasteiger partial charge on any atom is -0.393 e. The van der Waals surface area contributed by atoms with Gasteiger partial charge in [0.2, 0.25) is 5.91 Å². The number of allylic oxidation sites excluding steroid dienone is 5. The van der Waals surface area contributed by atoms with Gasteiger partial charge in [-0.05, 0) is 102 Å². The van der Waals surface area contributed by atoms with Crippen molar-refractivity contribution in [3.8, 4) is 0 Å². The van der Waals surface area contributed by atoms with Crippen molar-refractivity contribution in [3.63, 3.8) is 0 Å². The Morgan fingerprint density at radius 3 is 2.36 bits per heavy atom. The molecule has 50 heavy (non-hydrogen) atoms. The number of nitrogens with zero attached hydrogens (tertiary/aromatic N) is 5. The predicted octanol–water partition coefficient (Wildman–Crippen LogP) is 7.05. The molecular weight excluding hydrogens is 673 g/mol. The van der Waals surface area contributed by atoms with Gasteiger partial charge in [-0.1, -0.05) is 60.4 Å². The van der Waals surface area contributed by atoms with Crippen molar-refractivity contribution in [2.75, 3.05) is 74.1 Å². The maximum Gasteiger partial charge on any atom is 0.222 e. The van der Waals surface area contributed by atoms with E-state index in [9.17, 15) is 9.59 Å². The van der Waals surface area contributed by atoms with E-state index in [0.717, 1.165) is 87.8 Å². The van der Waals surface area contributed by atoms with Crippen molar-refractivity contribution in [3.05, 3.63) is 69.4 Å². The zero-order chi connectivity index (χ0) is 37.2. The number of hydrogen-bond donors (Lipinski definition) is 1. The van der Waals surface area contributed by atoms with Gasteiger partial charge in [0.15, 0.2) is 0 Å². The van der Waals surface area contributed by atoms with Crippen LogP contribution in [0.4, 0.5) is 0 Å². The molecule has 2 atom stereocenters. The molecule has 2 aliphatic heterocycles. The number of aldehydes is 1. The predicted molar refractivity (Wildman–Crippen MR) is 208 cm³/mol. The summed E-state index contributed by atoms with van der Waals surface area (Å²) in [6.07, 6.45) is 11.5. The Morgan fingerprint density at radius 1 is 1.12 bits per heavy atom. The summed E-state index contributed by atoms with van der Waals surface area (Å²) in [5.74, 6) is 0.789. The first-order valence-corrected chi connectivity index (χ1v) is 18.7. The number of rotatable bonds is 17. The molecule has 11 heteroatoms. The number of amides is 1. The van der Waals surface area contributed by atoms with Gasteiger partial charge in [0.1, 0.15) is 12.9 Å². The number of aliphatic hydroxyl groups is 1. The lowest BCUT2D eigenvalue weighted by molar-refractivity contribution is -0.136. The fourth-order valence-corrected chi connectivity index (χ4v) is 6.72. The van der Waals surface area contributed by atoms with Gasteiger partial charge in [0.05, 0.1) is 22.4 Å². The van der Waals surface area contributed by atoms with Crippen LogP contribution in [0.1, 0.15) is 77.2 Å². The molecule has 1 amide bonds. The Kier molecular flexibility index (Phi) is 20.0. The van der Waals surface area contributed by atoms with E-state index < -0.39 is 0 Å². The summed E-state index contributed by atoms with van der Waals surface area (Å²) in [6, 6.07) is 6.13. The second-order valence-electron chi connectivity index (χ2n) is 13.9. The van der Waals surface area contributed by atoms with Crippen LogP contribution in [0.25, 0.3) is 0 Å². The number of halogens is 2. The van der Waals surface area contributed by atoms with Crippen molar-refractivity contribution < 1.29 is 19.5 Å². The number of likely N-dealkylation sites (tertiary alicyclic amines) is 2. The van der Waals surface area contributed by atoms with Crippen molar-refractivity contribution in [2.45, 2.75) is 77.7 Å². The lowest BCUT2D eigenvalue weighted by Crippen LogP contribution is -2.49. The molecular formula is C39H61Cl2N5O4. The van der Waals surface area contributed by atoms with Crippen molar-refractivity contribution in [2.24, 2.45) is 11.1 Å². The Labute approximate surface area is 311 Å². The molecule has 2 aliphatic rings. The van der Waals surface area contributed by atoms with E-state index in [1.165, 1.54) is 5.70 Å². The first kappa shape index (κ1) is 43.5. The van der Waals surface area contributed by atoms with Gasteiger partial charge < -0.3 is 29.5 Å². The van der Waals surface area contributed by atoms with E-state index in [1.54, 1.807) is 6.08 Å². The van der Waals surface area contributed by atoms with E-state index in [2.05, 4.69) is 45.2 Å². The molecule has 0 aliphatic carbocycles. The van der Waals surface area contributed by atoms with Crippen molar-refractivity contribution >= 4 is 41.1 Å². The minimum atomic E-state index is -0.0787. The Bertz CT molecular complexity index is 1320. The van der Waals surface area contributed by atoms with Crippen LogP contribution in [0.2, 0.25) is 10.0 Å². The second-order valence-corrected chi connectivity index (χ2v) is 14.7. The second kappa shape index (κ2) is 23.0. The first-order valence-electron chi connectivity index (χ1n) is 17.9. The number of benzene rings is 1. The molecule has 2 unspecified atom stereocenters. The van der Waals surface area contributed by atoms with Crippen LogP contribution in [0, 0.1) is 5.92 Å². The van der Waals surface area contributed by atoms with Crippen LogP contribution in [0.3, 0.4) is 0 Å². The quantitative estimate of drug-likeness (QED) is 0.0459. The van der Waals surface area contributed by atoms with Gasteiger partial charge >= 0.3 is 0 Å². The molecule has 2 fully saturated rings. The van der Waals surface area contributed by atoms with Gasteiger partial charge in [0.25, 0.3) is 0 Å². The van der Waals surface area contributed by atoms with E-state index in [-0.39, 0.29) is 19.1 Å². The van der Waals surface area contributed by atoms with Gasteiger partial charge in [-0.3, -0.25) is 9.59 Å². The van der Waals surface area contributed by atoms with Crippen LogP contribution in [-0.2, 0) is 14.4 Å². The summed E-state index contributed by atoms with van der Waals surface area (Å²) < 4.78 is 0. The lowest BCUT2D eigenvalue weighted by Gasteiger charge is -2.40. The van der Waals surface area contributed by atoms with Crippen molar-refractivity contribution in [1.82, 2.24) is 19.6 Å². The maximum absolute atomic E-state index is 12.3. The highest BCUT2D eigenvalue weighted by atomic mass is 35.5. The van der Waals surface area contributed by atoms with E-state index in [4.69, 9.17) is 33.1 Å². The van der Waals surface area contributed by atoms with Crippen LogP contribution < -0.4 is 0 Å². The molecule has 2 saturated heterocycles. The molecule has 0 aromatic heterocycles. The third kappa shape index (κ3) is 14.9. The SMILES string of the molecule is C=C(C)/C=C(C=O)\C=C(/C(C)CC)N(C)C.CN(C)C/C(=N\OCCO)C(CCN1CCC(N2CCCCC2=O)CC1)c1ccc(Cl)c(Cl)c1. The smallest absolute Gasteiger partial charge is 0.222 e. The molecule has 9 nitrogen and oxygen atoms in total. The van der Waals surface area contributed by atoms with Crippen LogP contribution >= 0.6 is 23.2 Å². The van der Waals surface area contributed by atoms with Crippen LogP contribution in [0.15, 0.2) is 58.9 Å². The molecule has 2 heterocycles. The normalized spacial score (nSPS) is 18.0. The molecule has 0 radical (unpaired) electrons. The fourth-order valence-electron chi connectivity index (χ4n) is 6.42. The molecule has 1 aromatic carbocycles. The molecule has 1 aromatic rings. The largest absolute Gasteiger partial charge is 0.393 e. The molecule has 0 bridgehead atoms. The number of carbonyl (C=O) groups excluding carboxylic acids is 2. The summed E-state index contributed by atoms with van der Waals surface area (Å²) in [5, 5.41) is 14.6. The number of oxime groups is 1. The van der Waals surface area contributed by atoms with Gasteiger partial charge in [-0.25, -0.2) is 0 Å². The van der Waals surface area contributed by atoms with E-state index in [0.29, 0.717) is 46.5 Å². The number of hydrogen-bond acceptors (Lipinski definition) is 8. The summed E-state index contributed by atoms with van der Waals surface area (Å²) in [7, 11) is 8.00. The summed E-state index contributed by atoms with van der Waals surface area (Å²) >= 11 is 12.5. The minimum absolute atomic E-state index is 0.0113. The number of piperidine rings is 2. The zero-order valence-electron chi connectivity index (χ0n) is 31.5. The highest BCUT2D eigenvalue weighted by Crippen LogP contribution is 2.31. The highest BCUT2D eigenvalue weighted by Gasteiger charge is 2.30.